The Morgan fingerprint density at radius 1 is 1.50 bits per heavy atom. The van der Waals surface area contributed by atoms with Crippen molar-refractivity contribution in [3.63, 3.8) is 0 Å². The molecule has 0 bridgehead atoms. The van der Waals surface area contributed by atoms with E-state index in [1.54, 1.807) is 13.1 Å². The van der Waals surface area contributed by atoms with Crippen LogP contribution in [-0.2, 0) is 7.05 Å². The summed E-state index contributed by atoms with van der Waals surface area (Å²) in [5.74, 6) is -0.208. The van der Waals surface area contributed by atoms with Crippen molar-refractivity contribution >= 4 is 5.78 Å². The van der Waals surface area contributed by atoms with Gasteiger partial charge in [-0.05, 0) is 6.07 Å². The molecule has 0 amide bonds. The number of ketones is 1. The highest BCUT2D eigenvalue weighted by Gasteiger charge is 2.14. The normalized spacial score (nSPS) is 10.1. The number of hydrogen-bond donors (Lipinski definition) is 0. The zero-order chi connectivity index (χ0) is 9.97. The zero-order valence-electron chi connectivity index (χ0n) is 7.45. The monoisotopic (exact) mass is 189 g/mol. The summed E-state index contributed by atoms with van der Waals surface area (Å²) in [4.78, 5) is 19.3. The van der Waals surface area contributed by atoms with E-state index in [-0.39, 0.29) is 5.78 Å². The van der Waals surface area contributed by atoms with Crippen LogP contribution in [0.2, 0.25) is 0 Å². The van der Waals surface area contributed by atoms with Crippen LogP contribution in [0, 0.1) is 0 Å². The number of carbonyl (C=O) groups excluding carboxylic acids is 1. The van der Waals surface area contributed by atoms with E-state index in [2.05, 4.69) is 20.3 Å². The van der Waals surface area contributed by atoms with Gasteiger partial charge in [0.15, 0.2) is 0 Å². The molecule has 0 aliphatic rings. The van der Waals surface area contributed by atoms with Crippen LogP contribution in [0.25, 0.3) is 0 Å². The molecule has 0 atom stereocenters. The number of carbonyl (C=O) groups is 1. The highest BCUT2D eigenvalue weighted by molar-refractivity contribution is 6.06. The van der Waals surface area contributed by atoms with Crippen molar-refractivity contribution in [2.24, 2.45) is 7.05 Å². The van der Waals surface area contributed by atoms with Crippen LogP contribution < -0.4 is 0 Å². The molecular weight excluding hydrogens is 182 g/mol. The van der Waals surface area contributed by atoms with E-state index in [9.17, 15) is 4.79 Å². The predicted octanol–water partition coefficient (Wildman–Crippen LogP) is -0.164. The Morgan fingerprint density at radius 3 is 2.93 bits per heavy atom. The Kier molecular flexibility index (Phi) is 2.02. The smallest absolute Gasteiger partial charge is 0.231 e. The maximum Gasteiger partial charge on any atom is 0.231 e. The van der Waals surface area contributed by atoms with Gasteiger partial charge >= 0.3 is 0 Å². The Bertz CT molecular complexity index is 450. The van der Waals surface area contributed by atoms with E-state index in [1.165, 1.54) is 23.4 Å². The molecule has 0 spiro atoms. The van der Waals surface area contributed by atoms with Crippen LogP contribution in [0.5, 0.6) is 0 Å². The van der Waals surface area contributed by atoms with Crippen molar-refractivity contribution in [1.29, 1.82) is 0 Å². The van der Waals surface area contributed by atoms with Gasteiger partial charge in [0.2, 0.25) is 5.78 Å². The van der Waals surface area contributed by atoms with Gasteiger partial charge in [0.05, 0.1) is 6.20 Å². The van der Waals surface area contributed by atoms with Gasteiger partial charge in [-0.25, -0.2) is 14.6 Å². The highest BCUT2D eigenvalue weighted by atomic mass is 16.1. The third-order valence-corrected chi connectivity index (χ3v) is 1.76. The minimum atomic E-state index is -0.208. The van der Waals surface area contributed by atoms with E-state index in [1.807, 2.05) is 0 Å². The van der Waals surface area contributed by atoms with Gasteiger partial charge in [0.25, 0.3) is 0 Å². The molecule has 0 aromatic carbocycles. The number of rotatable bonds is 2. The van der Waals surface area contributed by atoms with E-state index in [0.29, 0.717) is 11.4 Å². The topological polar surface area (TPSA) is 73.6 Å². The van der Waals surface area contributed by atoms with E-state index in [0.717, 1.165) is 0 Å². The third kappa shape index (κ3) is 1.37. The van der Waals surface area contributed by atoms with Crippen LogP contribution in [0.1, 0.15) is 16.2 Å². The summed E-state index contributed by atoms with van der Waals surface area (Å²) in [6.07, 6.45) is 4.26. The Labute approximate surface area is 79.6 Å². The summed E-state index contributed by atoms with van der Waals surface area (Å²) in [5, 5.41) is 7.28. The fourth-order valence-electron chi connectivity index (χ4n) is 1.05. The van der Waals surface area contributed by atoms with E-state index < -0.39 is 0 Å². The molecule has 6 nitrogen and oxygen atoms in total. The number of aryl methyl sites for hydroxylation is 1. The first-order valence-electron chi connectivity index (χ1n) is 3.94. The van der Waals surface area contributed by atoms with Crippen molar-refractivity contribution in [3.8, 4) is 0 Å². The predicted molar refractivity (Wildman–Crippen MR) is 46.5 cm³/mol. The molecule has 0 radical (unpaired) electrons. The average Bonchev–Trinajstić information content (AvgIpc) is 2.65. The van der Waals surface area contributed by atoms with Gasteiger partial charge in [0.1, 0.15) is 17.7 Å². The highest BCUT2D eigenvalue weighted by Crippen LogP contribution is 2.02. The van der Waals surface area contributed by atoms with Crippen molar-refractivity contribution in [2.75, 3.05) is 0 Å². The van der Waals surface area contributed by atoms with Crippen molar-refractivity contribution in [3.05, 3.63) is 36.2 Å². The fraction of sp³-hybridized carbons (Fsp3) is 0.125. The van der Waals surface area contributed by atoms with Gasteiger partial charge in [-0.3, -0.25) is 4.79 Å². The molecule has 6 heteroatoms. The van der Waals surface area contributed by atoms with Gasteiger partial charge < -0.3 is 0 Å². The second-order valence-electron chi connectivity index (χ2n) is 2.67. The summed E-state index contributed by atoms with van der Waals surface area (Å²) in [5.41, 5.74) is 0.745. The van der Waals surface area contributed by atoms with Gasteiger partial charge in [-0.15, -0.1) is 5.10 Å². The molecular formula is C8H7N5O. The molecule has 0 N–H and O–H groups in total. The maximum absolute atomic E-state index is 11.7. The van der Waals surface area contributed by atoms with E-state index in [4.69, 9.17) is 0 Å². The summed E-state index contributed by atoms with van der Waals surface area (Å²) >= 11 is 0. The van der Waals surface area contributed by atoms with Gasteiger partial charge in [-0.1, -0.05) is 5.21 Å². The molecule has 14 heavy (non-hydrogen) atoms. The van der Waals surface area contributed by atoms with Crippen molar-refractivity contribution in [1.82, 2.24) is 25.0 Å². The number of aromatic nitrogens is 5. The third-order valence-electron chi connectivity index (χ3n) is 1.76. The second-order valence-corrected chi connectivity index (χ2v) is 2.67. The Morgan fingerprint density at radius 2 is 2.36 bits per heavy atom. The lowest BCUT2D eigenvalue weighted by molar-refractivity contribution is 0.102. The first kappa shape index (κ1) is 8.49. The molecule has 0 aliphatic carbocycles. The standard InChI is InChI=1S/C8H7N5O/c1-13-7(4-11-12-13)8(14)6-2-3-9-5-10-6/h2-5H,1H3. The minimum absolute atomic E-state index is 0.208. The Hall–Kier alpha value is -2.11. The molecule has 70 valence electrons. The number of hydrogen-bond acceptors (Lipinski definition) is 5. The molecule has 0 saturated heterocycles. The molecule has 2 rings (SSSR count). The van der Waals surface area contributed by atoms with Crippen LogP contribution in [0.15, 0.2) is 24.8 Å². The average molecular weight is 189 g/mol. The number of nitrogens with zero attached hydrogens (tertiary/aromatic N) is 5. The van der Waals surface area contributed by atoms with Gasteiger partial charge in [0, 0.05) is 13.2 Å². The molecule has 2 heterocycles. The largest absolute Gasteiger partial charge is 0.285 e. The lowest BCUT2D eigenvalue weighted by Crippen LogP contribution is -2.09. The SMILES string of the molecule is Cn1nncc1C(=O)c1ccncn1. The molecule has 2 aromatic heterocycles. The molecule has 0 saturated carbocycles. The second kappa shape index (κ2) is 3.33. The lowest BCUT2D eigenvalue weighted by atomic mass is 10.2. The summed E-state index contributed by atoms with van der Waals surface area (Å²) in [6.45, 7) is 0. The summed E-state index contributed by atoms with van der Waals surface area (Å²) in [6, 6.07) is 1.55. The lowest BCUT2D eigenvalue weighted by Gasteiger charge is -1.97. The Balaban J connectivity index is 2.39. The van der Waals surface area contributed by atoms with Crippen molar-refractivity contribution < 1.29 is 4.79 Å². The quantitative estimate of drug-likeness (QED) is 0.613. The fourth-order valence-corrected chi connectivity index (χ4v) is 1.05. The van der Waals surface area contributed by atoms with Crippen LogP contribution >= 0.6 is 0 Å². The molecule has 0 fully saturated rings. The maximum atomic E-state index is 11.7. The van der Waals surface area contributed by atoms with Crippen LogP contribution in [-0.4, -0.2) is 30.7 Å². The van der Waals surface area contributed by atoms with Crippen molar-refractivity contribution in [2.45, 2.75) is 0 Å². The molecule has 2 aromatic rings. The molecule has 0 aliphatic heterocycles. The van der Waals surface area contributed by atoms with Crippen LogP contribution in [0.4, 0.5) is 0 Å². The summed E-state index contributed by atoms with van der Waals surface area (Å²) in [7, 11) is 1.65. The van der Waals surface area contributed by atoms with Crippen LogP contribution in [0.3, 0.4) is 0 Å². The minimum Gasteiger partial charge on any atom is -0.285 e. The summed E-state index contributed by atoms with van der Waals surface area (Å²) < 4.78 is 1.41. The zero-order valence-corrected chi connectivity index (χ0v) is 7.45. The van der Waals surface area contributed by atoms with Gasteiger partial charge in [-0.2, -0.15) is 0 Å². The molecule has 0 unspecified atom stereocenters. The van der Waals surface area contributed by atoms with E-state index >= 15 is 0 Å². The first-order valence-corrected chi connectivity index (χ1v) is 3.94. The first-order chi connectivity index (χ1) is 6.79.